The third-order valence-corrected chi connectivity index (χ3v) is 8.22. The lowest BCUT2D eigenvalue weighted by Gasteiger charge is -2.26. The number of methoxy groups -OCH3 is 1. The van der Waals surface area contributed by atoms with Crippen LogP contribution in [0.25, 0.3) is 10.7 Å². The molecule has 1 saturated heterocycles. The van der Waals surface area contributed by atoms with Gasteiger partial charge >= 0.3 is 0 Å². The summed E-state index contributed by atoms with van der Waals surface area (Å²) in [6, 6.07) is 8.25. The lowest BCUT2D eigenvalue weighted by atomic mass is 10.3. The van der Waals surface area contributed by atoms with E-state index in [4.69, 9.17) is 9.47 Å². The molecule has 1 amide bonds. The molecule has 2 N–H and O–H groups in total. The topological polar surface area (TPSA) is 127 Å². The molecule has 3 aromatic rings. The lowest BCUT2D eigenvalue weighted by Crippen LogP contribution is -2.40. The number of H-pyrrole nitrogens is 1. The van der Waals surface area contributed by atoms with Crippen molar-refractivity contribution in [3.63, 3.8) is 0 Å². The highest BCUT2D eigenvalue weighted by atomic mass is 32.2. The van der Waals surface area contributed by atoms with Gasteiger partial charge in [-0.3, -0.25) is 9.89 Å². The summed E-state index contributed by atoms with van der Waals surface area (Å²) in [5, 5.41) is 12.1. The van der Waals surface area contributed by atoms with Gasteiger partial charge in [0.25, 0.3) is 0 Å². The Morgan fingerprint density at radius 2 is 2.16 bits per heavy atom. The van der Waals surface area contributed by atoms with Gasteiger partial charge in [-0.25, -0.2) is 13.4 Å². The number of nitrogens with zero attached hydrogens (tertiary/aromatic N) is 3. The number of anilines is 1. The van der Waals surface area contributed by atoms with E-state index in [1.807, 2.05) is 17.5 Å². The van der Waals surface area contributed by atoms with Crippen LogP contribution in [0.2, 0.25) is 0 Å². The Balaban J connectivity index is 1.43. The molecule has 170 valence electrons. The minimum atomic E-state index is -3.70. The van der Waals surface area contributed by atoms with Crippen LogP contribution in [0.15, 0.2) is 45.8 Å². The fourth-order valence-electron chi connectivity index (χ4n) is 3.03. The largest absolute Gasteiger partial charge is 0.495 e. The summed E-state index contributed by atoms with van der Waals surface area (Å²) in [7, 11) is -2.25. The van der Waals surface area contributed by atoms with Crippen LogP contribution in [0.1, 0.15) is 0 Å². The highest BCUT2D eigenvalue weighted by Crippen LogP contribution is 2.30. The average molecular weight is 496 g/mol. The zero-order valence-corrected chi connectivity index (χ0v) is 19.6. The van der Waals surface area contributed by atoms with E-state index in [-0.39, 0.29) is 35.3 Å². The van der Waals surface area contributed by atoms with Crippen molar-refractivity contribution in [2.24, 2.45) is 0 Å². The summed E-state index contributed by atoms with van der Waals surface area (Å²) >= 11 is 2.71. The molecule has 0 aliphatic carbocycles. The number of sulfonamides is 1. The number of thiophene rings is 1. The van der Waals surface area contributed by atoms with E-state index in [1.54, 1.807) is 0 Å². The number of aromatic nitrogens is 3. The zero-order valence-electron chi connectivity index (χ0n) is 17.1. The quantitative estimate of drug-likeness (QED) is 0.456. The van der Waals surface area contributed by atoms with E-state index in [1.165, 1.54) is 52.7 Å². The first kappa shape index (κ1) is 22.7. The van der Waals surface area contributed by atoms with Crippen molar-refractivity contribution < 1.29 is 22.7 Å². The SMILES string of the molecule is COc1ccc(S(=O)(=O)N2CCOCC2)cc1NC(=O)CSc1n[nH]c(-c2cccs2)n1. The lowest BCUT2D eigenvalue weighted by molar-refractivity contribution is -0.113. The van der Waals surface area contributed by atoms with Crippen molar-refractivity contribution in [1.82, 2.24) is 19.5 Å². The number of nitrogens with one attached hydrogen (secondary N) is 2. The maximum Gasteiger partial charge on any atom is 0.243 e. The molecule has 0 unspecified atom stereocenters. The Labute approximate surface area is 193 Å². The Morgan fingerprint density at radius 3 is 2.88 bits per heavy atom. The first-order chi connectivity index (χ1) is 15.5. The second-order valence-corrected chi connectivity index (χ2v) is 10.5. The van der Waals surface area contributed by atoms with Crippen molar-refractivity contribution in [3.8, 4) is 16.5 Å². The van der Waals surface area contributed by atoms with Crippen LogP contribution < -0.4 is 10.1 Å². The number of hydrogen-bond donors (Lipinski definition) is 2. The van der Waals surface area contributed by atoms with E-state index >= 15 is 0 Å². The predicted octanol–water partition coefficient (Wildman–Crippen LogP) is 2.29. The molecule has 0 saturated carbocycles. The van der Waals surface area contributed by atoms with Gasteiger partial charge in [-0.2, -0.15) is 4.31 Å². The molecule has 0 atom stereocenters. The molecule has 1 aliphatic heterocycles. The van der Waals surface area contributed by atoms with E-state index in [0.717, 1.165) is 4.88 Å². The smallest absolute Gasteiger partial charge is 0.243 e. The predicted molar refractivity (Wildman–Crippen MR) is 122 cm³/mol. The van der Waals surface area contributed by atoms with Crippen molar-refractivity contribution in [1.29, 1.82) is 0 Å². The van der Waals surface area contributed by atoms with Crippen molar-refractivity contribution in [3.05, 3.63) is 35.7 Å². The molecule has 0 radical (unpaired) electrons. The molecule has 0 bridgehead atoms. The summed E-state index contributed by atoms with van der Waals surface area (Å²) in [5.41, 5.74) is 0.279. The van der Waals surface area contributed by atoms with Gasteiger partial charge in [0.2, 0.25) is 21.1 Å². The molecule has 10 nitrogen and oxygen atoms in total. The summed E-state index contributed by atoms with van der Waals surface area (Å²) < 4.78 is 37.7. The number of ether oxygens (including phenoxy) is 2. The Hall–Kier alpha value is -2.45. The van der Waals surface area contributed by atoms with Gasteiger partial charge in [-0.05, 0) is 29.6 Å². The van der Waals surface area contributed by atoms with E-state index < -0.39 is 10.0 Å². The van der Waals surface area contributed by atoms with Gasteiger partial charge in [0.15, 0.2) is 5.82 Å². The van der Waals surface area contributed by atoms with Gasteiger partial charge in [-0.1, -0.05) is 17.8 Å². The summed E-state index contributed by atoms with van der Waals surface area (Å²) in [6.07, 6.45) is 0. The van der Waals surface area contributed by atoms with Gasteiger partial charge in [0.05, 0.1) is 41.5 Å². The van der Waals surface area contributed by atoms with Gasteiger partial charge < -0.3 is 14.8 Å². The monoisotopic (exact) mass is 495 g/mol. The fourth-order valence-corrected chi connectivity index (χ4v) is 5.73. The molecule has 0 spiro atoms. The third-order valence-electron chi connectivity index (χ3n) is 4.60. The van der Waals surface area contributed by atoms with Crippen LogP contribution in [0.5, 0.6) is 5.75 Å². The van der Waals surface area contributed by atoms with Crippen LogP contribution in [0, 0.1) is 0 Å². The number of rotatable bonds is 8. The second-order valence-electron chi connectivity index (χ2n) is 6.66. The number of amides is 1. The summed E-state index contributed by atoms with van der Waals surface area (Å²) in [5.74, 6) is 0.718. The molecule has 1 aromatic carbocycles. The highest BCUT2D eigenvalue weighted by Gasteiger charge is 2.27. The maximum atomic E-state index is 12.9. The second kappa shape index (κ2) is 10.0. The number of aromatic amines is 1. The van der Waals surface area contributed by atoms with Crippen molar-refractivity contribution in [2.75, 3.05) is 44.5 Å². The maximum absolute atomic E-state index is 12.9. The summed E-state index contributed by atoms with van der Waals surface area (Å²) in [6.45, 7) is 1.28. The van der Waals surface area contributed by atoms with Gasteiger partial charge in [0, 0.05) is 13.1 Å². The number of thioether (sulfide) groups is 1. The summed E-state index contributed by atoms with van der Waals surface area (Å²) in [4.78, 5) is 17.9. The molecule has 3 heterocycles. The van der Waals surface area contributed by atoms with Gasteiger partial charge in [0.1, 0.15) is 5.75 Å². The molecule has 1 aliphatic rings. The standard InChI is InChI=1S/C19H21N5O5S3/c1-28-15-5-4-13(32(26,27)24-6-8-29-9-7-24)11-14(15)20-17(25)12-31-19-21-18(22-23-19)16-3-2-10-30-16/h2-5,10-11H,6-9,12H2,1H3,(H,20,25)(H,21,22,23). The highest BCUT2D eigenvalue weighted by molar-refractivity contribution is 7.99. The van der Waals surface area contributed by atoms with Crippen LogP contribution in [0.3, 0.4) is 0 Å². The first-order valence-corrected chi connectivity index (χ1v) is 12.9. The average Bonchev–Trinajstić information content (AvgIpc) is 3.50. The van der Waals surface area contributed by atoms with Crippen LogP contribution in [-0.2, 0) is 19.6 Å². The van der Waals surface area contributed by atoms with Crippen molar-refractivity contribution in [2.45, 2.75) is 10.1 Å². The number of carbonyl (C=O) groups is 1. The van der Waals surface area contributed by atoms with Crippen LogP contribution in [0.4, 0.5) is 5.69 Å². The Bertz CT molecular complexity index is 1170. The molecular formula is C19H21N5O5S3. The minimum absolute atomic E-state index is 0.0470. The van der Waals surface area contributed by atoms with Crippen LogP contribution >= 0.6 is 23.1 Å². The minimum Gasteiger partial charge on any atom is -0.495 e. The number of hydrogen-bond acceptors (Lipinski definition) is 9. The molecule has 4 rings (SSSR count). The van der Waals surface area contributed by atoms with Crippen LogP contribution in [-0.4, -0.2) is 73.0 Å². The van der Waals surface area contributed by atoms with E-state index in [2.05, 4.69) is 20.5 Å². The fraction of sp³-hybridized carbons (Fsp3) is 0.316. The number of carbonyl (C=O) groups excluding carboxylic acids is 1. The van der Waals surface area contributed by atoms with Crippen molar-refractivity contribution >= 4 is 44.7 Å². The third kappa shape index (κ3) is 5.13. The van der Waals surface area contributed by atoms with E-state index in [9.17, 15) is 13.2 Å². The molecule has 1 fully saturated rings. The first-order valence-electron chi connectivity index (χ1n) is 9.62. The molecule has 13 heteroatoms. The molecular weight excluding hydrogens is 474 g/mol. The Morgan fingerprint density at radius 1 is 1.34 bits per heavy atom. The number of morpholine rings is 1. The zero-order chi connectivity index (χ0) is 22.6. The van der Waals surface area contributed by atoms with Gasteiger partial charge in [-0.15, -0.1) is 16.4 Å². The number of benzene rings is 1. The normalized spacial score (nSPS) is 14.9. The van der Waals surface area contributed by atoms with E-state index in [0.29, 0.717) is 29.9 Å². The molecule has 2 aromatic heterocycles. The Kier molecular flexibility index (Phi) is 7.10. The molecule has 32 heavy (non-hydrogen) atoms.